The van der Waals surface area contributed by atoms with E-state index in [1.165, 1.54) is 0 Å². The number of hydrogen-bond donors (Lipinski definition) is 0. The first-order valence-electron chi connectivity index (χ1n) is 6.91. The minimum atomic E-state index is 0.382. The Balaban J connectivity index is 1.84. The average Bonchev–Trinajstić information content (AvgIpc) is 2.98. The van der Waals surface area contributed by atoms with Crippen molar-refractivity contribution in [1.29, 1.82) is 0 Å². The Morgan fingerprint density at radius 2 is 2.00 bits per heavy atom. The summed E-state index contributed by atoms with van der Waals surface area (Å²) in [6, 6.07) is 3.95. The van der Waals surface area contributed by atoms with E-state index in [0.717, 1.165) is 49.1 Å². The van der Waals surface area contributed by atoms with Crippen LogP contribution in [-0.2, 0) is 4.74 Å². The second-order valence-electron chi connectivity index (χ2n) is 5.25. The van der Waals surface area contributed by atoms with Crippen LogP contribution in [0, 0.1) is 0 Å². The van der Waals surface area contributed by atoms with Crippen LogP contribution in [0.2, 0.25) is 0 Å². The van der Waals surface area contributed by atoms with Gasteiger partial charge < -0.3 is 14.1 Å². The van der Waals surface area contributed by atoms with Gasteiger partial charge >= 0.3 is 0 Å². The van der Waals surface area contributed by atoms with Crippen LogP contribution in [0.1, 0.15) is 24.7 Å². The molecule has 0 aromatic carbocycles. The molecule has 0 unspecified atom stereocenters. The van der Waals surface area contributed by atoms with Gasteiger partial charge in [0.05, 0.1) is 6.20 Å². The molecule has 2 aromatic rings. The molecule has 1 aliphatic heterocycles. The molecule has 3 heterocycles. The van der Waals surface area contributed by atoms with E-state index in [0.29, 0.717) is 5.92 Å². The largest absolute Gasteiger partial charge is 0.440 e. The Hall–Kier alpha value is -1.88. The van der Waals surface area contributed by atoms with E-state index in [9.17, 15) is 0 Å². The molecule has 1 fully saturated rings. The van der Waals surface area contributed by atoms with Crippen LogP contribution < -0.4 is 4.90 Å². The summed E-state index contributed by atoms with van der Waals surface area (Å²) in [6.07, 6.45) is 5.57. The maximum Gasteiger partial charge on any atom is 0.198 e. The number of nitrogens with zero attached hydrogens (tertiary/aromatic N) is 3. The highest BCUT2D eigenvalue weighted by molar-refractivity contribution is 5.60. The lowest BCUT2D eigenvalue weighted by Gasteiger charge is -2.18. The molecule has 5 nitrogen and oxygen atoms in total. The predicted octanol–water partition coefficient (Wildman–Crippen LogP) is 2.70. The molecule has 3 rings (SSSR count). The van der Waals surface area contributed by atoms with Crippen molar-refractivity contribution < 1.29 is 9.15 Å². The molecule has 0 atom stereocenters. The van der Waals surface area contributed by atoms with E-state index < -0.39 is 0 Å². The zero-order valence-electron chi connectivity index (χ0n) is 11.9. The van der Waals surface area contributed by atoms with E-state index in [2.05, 4.69) is 9.97 Å². The maximum atomic E-state index is 5.93. The standard InChI is InChI=1S/C15H19N3O2/c1-18(2)14-9-12(3-6-16-14)13-10-17-15(20-13)11-4-7-19-8-5-11/h3,6,9-11H,4-5,7-8H2,1-2H3. The first kappa shape index (κ1) is 13.1. The second kappa shape index (κ2) is 5.63. The van der Waals surface area contributed by atoms with Crippen molar-refractivity contribution in [1.82, 2.24) is 9.97 Å². The summed E-state index contributed by atoms with van der Waals surface area (Å²) in [5.74, 6) is 2.92. The van der Waals surface area contributed by atoms with Crippen LogP contribution in [0.15, 0.2) is 28.9 Å². The lowest BCUT2D eigenvalue weighted by atomic mass is 10.0. The molecule has 0 amide bonds. The normalized spacial score (nSPS) is 16.3. The van der Waals surface area contributed by atoms with Crippen molar-refractivity contribution in [2.24, 2.45) is 0 Å². The molecule has 0 N–H and O–H groups in total. The third kappa shape index (κ3) is 2.67. The van der Waals surface area contributed by atoms with Gasteiger partial charge in [-0.1, -0.05) is 0 Å². The van der Waals surface area contributed by atoms with E-state index in [1.54, 1.807) is 12.4 Å². The van der Waals surface area contributed by atoms with Crippen molar-refractivity contribution in [2.45, 2.75) is 18.8 Å². The van der Waals surface area contributed by atoms with Gasteiger partial charge in [0.1, 0.15) is 5.82 Å². The van der Waals surface area contributed by atoms with Crippen molar-refractivity contribution in [3.63, 3.8) is 0 Å². The SMILES string of the molecule is CN(C)c1cc(-c2cnc(C3CCOCC3)o2)ccn1. The first-order chi connectivity index (χ1) is 9.74. The van der Waals surface area contributed by atoms with Gasteiger partial charge in [-0.2, -0.15) is 0 Å². The van der Waals surface area contributed by atoms with Gasteiger partial charge in [0.25, 0.3) is 0 Å². The van der Waals surface area contributed by atoms with Crippen LogP contribution in [-0.4, -0.2) is 37.3 Å². The molecule has 106 valence electrons. The minimum absolute atomic E-state index is 0.382. The monoisotopic (exact) mass is 273 g/mol. The second-order valence-corrected chi connectivity index (χ2v) is 5.25. The predicted molar refractivity (Wildman–Crippen MR) is 76.9 cm³/mol. The van der Waals surface area contributed by atoms with Crippen molar-refractivity contribution in [3.05, 3.63) is 30.4 Å². The third-order valence-corrected chi connectivity index (χ3v) is 3.58. The highest BCUT2D eigenvalue weighted by Gasteiger charge is 2.21. The molecule has 20 heavy (non-hydrogen) atoms. The molecule has 0 saturated carbocycles. The van der Waals surface area contributed by atoms with Crippen LogP contribution in [0.5, 0.6) is 0 Å². The number of anilines is 1. The van der Waals surface area contributed by atoms with E-state index in [-0.39, 0.29) is 0 Å². The number of aromatic nitrogens is 2. The zero-order chi connectivity index (χ0) is 13.9. The summed E-state index contributed by atoms with van der Waals surface area (Å²) in [5.41, 5.74) is 1.01. The van der Waals surface area contributed by atoms with Crippen molar-refractivity contribution >= 4 is 5.82 Å². The average molecular weight is 273 g/mol. The summed E-state index contributed by atoms with van der Waals surface area (Å²) in [4.78, 5) is 10.7. The molecular weight excluding hydrogens is 254 g/mol. The topological polar surface area (TPSA) is 51.4 Å². The smallest absolute Gasteiger partial charge is 0.198 e. The van der Waals surface area contributed by atoms with Crippen LogP contribution in [0.4, 0.5) is 5.82 Å². The van der Waals surface area contributed by atoms with Crippen molar-refractivity contribution in [3.8, 4) is 11.3 Å². The highest BCUT2D eigenvalue weighted by atomic mass is 16.5. The van der Waals surface area contributed by atoms with Gasteiger partial charge in [-0.25, -0.2) is 9.97 Å². The Morgan fingerprint density at radius 1 is 1.20 bits per heavy atom. The summed E-state index contributed by atoms with van der Waals surface area (Å²) in [6.45, 7) is 1.59. The fourth-order valence-electron chi connectivity index (χ4n) is 2.37. The molecule has 0 bridgehead atoms. The van der Waals surface area contributed by atoms with Crippen LogP contribution >= 0.6 is 0 Å². The number of rotatable bonds is 3. The Bertz CT molecular complexity index is 574. The first-order valence-corrected chi connectivity index (χ1v) is 6.91. The highest BCUT2D eigenvalue weighted by Crippen LogP contribution is 2.30. The summed E-state index contributed by atoms with van der Waals surface area (Å²) in [7, 11) is 3.94. The fourth-order valence-corrected chi connectivity index (χ4v) is 2.37. The lowest BCUT2D eigenvalue weighted by molar-refractivity contribution is 0.0796. The number of pyridine rings is 1. The van der Waals surface area contributed by atoms with E-state index in [1.807, 2.05) is 31.1 Å². The van der Waals surface area contributed by atoms with Crippen LogP contribution in [0.3, 0.4) is 0 Å². The summed E-state index contributed by atoms with van der Waals surface area (Å²) < 4.78 is 11.3. The molecule has 0 aliphatic carbocycles. The molecule has 0 spiro atoms. The van der Waals surface area contributed by atoms with Gasteiger partial charge in [0.2, 0.25) is 0 Å². The number of ether oxygens (including phenoxy) is 1. The molecule has 1 saturated heterocycles. The van der Waals surface area contributed by atoms with Crippen molar-refractivity contribution in [2.75, 3.05) is 32.2 Å². The van der Waals surface area contributed by atoms with E-state index in [4.69, 9.17) is 9.15 Å². The van der Waals surface area contributed by atoms with Gasteiger partial charge in [0, 0.05) is 45.0 Å². The van der Waals surface area contributed by atoms with E-state index >= 15 is 0 Å². The summed E-state index contributed by atoms with van der Waals surface area (Å²) >= 11 is 0. The molecule has 5 heteroatoms. The molecule has 1 aliphatic rings. The zero-order valence-corrected chi connectivity index (χ0v) is 11.9. The number of hydrogen-bond acceptors (Lipinski definition) is 5. The maximum absolute atomic E-state index is 5.93. The Kier molecular flexibility index (Phi) is 3.69. The lowest BCUT2D eigenvalue weighted by Crippen LogP contribution is -2.14. The summed E-state index contributed by atoms with van der Waals surface area (Å²) in [5, 5.41) is 0. The van der Waals surface area contributed by atoms with Gasteiger partial charge in [-0.3, -0.25) is 0 Å². The van der Waals surface area contributed by atoms with Crippen LogP contribution in [0.25, 0.3) is 11.3 Å². The molecule has 2 aromatic heterocycles. The Labute approximate surface area is 118 Å². The van der Waals surface area contributed by atoms with Gasteiger partial charge in [0.15, 0.2) is 11.7 Å². The third-order valence-electron chi connectivity index (χ3n) is 3.58. The quantitative estimate of drug-likeness (QED) is 0.860. The Morgan fingerprint density at radius 3 is 2.75 bits per heavy atom. The minimum Gasteiger partial charge on any atom is -0.440 e. The fraction of sp³-hybridized carbons (Fsp3) is 0.467. The molecular formula is C15H19N3O2. The molecule has 0 radical (unpaired) electrons. The van der Waals surface area contributed by atoms with Gasteiger partial charge in [-0.05, 0) is 25.0 Å². The number of oxazole rings is 1. The van der Waals surface area contributed by atoms with Gasteiger partial charge in [-0.15, -0.1) is 0 Å².